The smallest absolute Gasteiger partial charge is 0.330 e. The van der Waals surface area contributed by atoms with E-state index in [1.807, 2.05) is 24.3 Å². The van der Waals surface area contributed by atoms with E-state index < -0.39 is 47.5 Å². The lowest BCUT2D eigenvalue weighted by Crippen LogP contribution is -2.34. The Morgan fingerprint density at radius 1 is 0.569 bits per heavy atom. The van der Waals surface area contributed by atoms with Crippen molar-refractivity contribution in [3.8, 4) is 0 Å². The molecule has 8 atom stereocenters. The number of hydrogen-bond acceptors (Lipinski definition) is 9. The van der Waals surface area contributed by atoms with E-state index in [2.05, 4.69) is 29.0 Å². The van der Waals surface area contributed by atoms with Gasteiger partial charge in [-0.05, 0) is 93.8 Å². The summed E-state index contributed by atoms with van der Waals surface area (Å²) in [5, 5.41) is 26.7. The number of carboxylic acids is 3. The van der Waals surface area contributed by atoms with Crippen molar-refractivity contribution < 1.29 is 58.3 Å². The van der Waals surface area contributed by atoms with Gasteiger partial charge in [0.05, 0.1) is 43.5 Å². The molecule has 0 aromatic heterocycles. The van der Waals surface area contributed by atoms with E-state index in [0.29, 0.717) is 18.6 Å². The lowest BCUT2D eigenvalue weighted by molar-refractivity contribution is -0.158. The summed E-state index contributed by atoms with van der Waals surface area (Å²) in [6.45, 7) is 6.04. The molecule has 8 aliphatic rings. The van der Waals surface area contributed by atoms with Gasteiger partial charge in [-0.2, -0.15) is 0 Å². The first-order valence-corrected chi connectivity index (χ1v) is 17.9. The van der Waals surface area contributed by atoms with E-state index in [0.717, 1.165) is 37.8 Å². The number of ether oxygens (including phenoxy) is 3. The maximum atomic E-state index is 11.9. The second-order valence-electron chi connectivity index (χ2n) is 14.5. The summed E-state index contributed by atoms with van der Waals surface area (Å²) in [5.74, 6) is -5.99. The van der Waals surface area contributed by atoms with Crippen molar-refractivity contribution in [3.63, 3.8) is 0 Å². The Morgan fingerprint density at radius 3 is 1.22 bits per heavy atom. The van der Waals surface area contributed by atoms with Gasteiger partial charge in [-0.25, -0.2) is 9.59 Å². The van der Waals surface area contributed by atoms with Crippen LogP contribution in [0.2, 0.25) is 0 Å². The largest absolute Gasteiger partial charge is 0.481 e. The van der Waals surface area contributed by atoms with Crippen molar-refractivity contribution in [3.05, 3.63) is 60.8 Å². The highest BCUT2D eigenvalue weighted by Crippen LogP contribution is 2.73. The molecule has 8 rings (SSSR count). The third-order valence-corrected chi connectivity index (χ3v) is 11.8. The number of carbonyl (C=O) groups excluding carboxylic acids is 3. The van der Waals surface area contributed by atoms with Gasteiger partial charge < -0.3 is 29.5 Å². The Hall–Kier alpha value is -4.48. The van der Waals surface area contributed by atoms with E-state index in [9.17, 15) is 39.0 Å². The maximum Gasteiger partial charge on any atom is 0.330 e. The van der Waals surface area contributed by atoms with Crippen LogP contribution in [0, 0.1) is 63.6 Å². The first-order chi connectivity index (χ1) is 24.3. The number of carbonyl (C=O) groups is 6. The fourth-order valence-corrected chi connectivity index (χ4v) is 9.15. The van der Waals surface area contributed by atoms with Crippen molar-refractivity contribution in [1.82, 2.24) is 0 Å². The fraction of sp³-hybridized carbons (Fsp3) is 0.590. The highest BCUT2D eigenvalue weighted by molar-refractivity contribution is 5.90. The zero-order valence-corrected chi connectivity index (χ0v) is 29.3. The molecule has 0 heterocycles. The zero-order chi connectivity index (χ0) is 37.1. The van der Waals surface area contributed by atoms with Crippen LogP contribution in [0.25, 0.3) is 0 Å². The van der Waals surface area contributed by atoms with Gasteiger partial charge in [0.25, 0.3) is 0 Å². The fourth-order valence-electron chi connectivity index (χ4n) is 9.15. The molecular weight excluding hydrogens is 660 g/mol. The van der Waals surface area contributed by atoms with Gasteiger partial charge >= 0.3 is 35.8 Å². The predicted molar refractivity (Wildman–Crippen MR) is 181 cm³/mol. The number of rotatable bonds is 9. The first-order valence-electron chi connectivity index (χ1n) is 17.9. The molecule has 8 aliphatic carbocycles. The Labute approximate surface area is 297 Å². The number of carboxylic acid groups (broad SMARTS) is 3. The van der Waals surface area contributed by atoms with E-state index in [4.69, 9.17) is 14.6 Å². The van der Waals surface area contributed by atoms with Gasteiger partial charge in [-0.15, -0.1) is 0 Å². The number of allylic oxidation sites excluding steroid dienone is 8. The minimum Gasteiger partial charge on any atom is -0.481 e. The summed E-state index contributed by atoms with van der Waals surface area (Å²) in [5.41, 5.74) is 0.751. The standard InChI is InChI=1S/2C13H16O4.C7H8.C6H8O4/c2*1-2-17-12(16)10-8-4-3-7(9(10)11(14)15)13(8)5-6-13;1-2-4-7(3-1)5-6-7;1-2-10-6(9)4-3-5(7)8/h2*3-4,7-10H,2,5-6H2,1H3,(H,14,15);1-4H,5-6H2;3-4H,2H2,1H3,(H,7,8)/b;;;4-3+. The van der Waals surface area contributed by atoms with Crippen LogP contribution in [-0.2, 0) is 43.0 Å². The van der Waals surface area contributed by atoms with Crippen molar-refractivity contribution in [2.24, 2.45) is 63.6 Å². The molecule has 0 aromatic carbocycles. The molecule has 51 heavy (non-hydrogen) atoms. The molecule has 12 heteroatoms. The topological polar surface area (TPSA) is 191 Å². The van der Waals surface area contributed by atoms with Crippen molar-refractivity contribution in [2.75, 3.05) is 19.8 Å². The van der Waals surface area contributed by atoms with Crippen molar-refractivity contribution in [2.45, 2.75) is 59.3 Å². The third-order valence-electron chi connectivity index (χ3n) is 11.8. The molecule has 5 fully saturated rings. The molecular formula is C39H48O12. The second-order valence-corrected chi connectivity index (χ2v) is 14.5. The monoisotopic (exact) mass is 708 g/mol. The van der Waals surface area contributed by atoms with E-state index in [-0.39, 0.29) is 53.0 Å². The molecule has 0 radical (unpaired) electrons. The first kappa shape index (κ1) is 37.8. The average Bonchev–Trinajstić information content (AvgIpc) is 4.02. The minimum atomic E-state index is -1.16. The molecule has 3 N–H and O–H groups in total. The summed E-state index contributed by atoms with van der Waals surface area (Å²) in [4.78, 5) is 66.8. The van der Waals surface area contributed by atoms with Crippen LogP contribution in [0.3, 0.4) is 0 Å². The van der Waals surface area contributed by atoms with E-state index in [1.54, 1.807) is 20.8 Å². The highest BCUT2D eigenvalue weighted by Gasteiger charge is 2.71. The van der Waals surface area contributed by atoms with E-state index >= 15 is 0 Å². The molecule has 8 unspecified atom stereocenters. The Kier molecular flexibility index (Phi) is 11.1. The normalized spacial score (nSPS) is 32.4. The average molecular weight is 709 g/mol. The van der Waals surface area contributed by atoms with Crippen LogP contribution in [0.15, 0.2) is 60.8 Å². The van der Waals surface area contributed by atoms with Gasteiger partial charge in [0.1, 0.15) is 0 Å². The summed E-state index contributed by atoms with van der Waals surface area (Å²) in [6.07, 6.45) is 25.6. The second kappa shape index (κ2) is 15.0. The molecule has 12 nitrogen and oxygen atoms in total. The zero-order valence-electron chi connectivity index (χ0n) is 29.3. The number of aliphatic carboxylic acids is 3. The molecule has 4 bridgehead atoms. The van der Waals surface area contributed by atoms with Gasteiger partial charge in [0, 0.05) is 17.6 Å². The van der Waals surface area contributed by atoms with Crippen molar-refractivity contribution >= 4 is 35.8 Å². The molecule has 5 saturated carbocycles. The molecule has 3 spiro atoms. The highest BCUT2D eigenvalue weighted by atomic mass is 16.5. The number of hydrogen-bond donors (Lipinski definition) is 3. The van der Waals surface area contributed by atoms with Crippen LogP contribution in [0.1, 0.15) is 59.3 Å². The molecule has 0 amide bonds. The Balaban J connectivity index is 0.000000139. The van der Waals surface area contributed by atoms with Gasteiger partial charge in [0.15, 0.2) is 0 Å². The lowest BCUT2D eigenvalue weighted by Gasteiger charge is -2.22. The van der Waals surface area contributed by atoms with Gasteiger partial charge in [0.2, 0.25) is 0 Å². The maximum absolute atomic E-state index is 11.9. The van der Waals surface area contributed by atoms with Crippen LogP contribution >= 0.6 is 0 Å². The summed E-state index contributed by atoms with van der Waals surface area (Å²) in [6, 6.07) is 0. The van der Waals surface area contributed by atoms with E-state index in [1.165, 1.54) is 12.8 Å². The molecule has 0 aromatic rings. The Morgan fingerprint density at radius 2 is 0.941 bits per heavy atom. The van der Waals surface area contributed by atoms with Gasteiger partial charge in [-0.1, -0.05) is 48.6 Å². The Bertz CT molecular complexity index is 1460. The predicted octanol–water partition coefficient (Wildman–Crippen LogP) is 5.01. The van der Waals surface area contributed by atoms with Crippen LogP contribution in [-0.4, -0.2) is 71.0 Å². The van der Waals surface area contributed by atoms with Crippen molar-refractivity contribution in [1.29, 1.82) is 0 Å². The molecule has 0 aliphatic heterocycles. The third kappa shape index (κ3) is 7.46. The quantitative estimate of drug-likeness (QED) is 0.126. The lowest BCUT2D eigenvalue weighted by atomic mass is 9.83. The summed E-state index contributed by atoms with van der Waals surface area (Å²) < 4.78 is 14.5. The van der Waals surface area contributed by atoms with Crippen LogP contribution in [0.4, 0.5) is 0 Å². The minimum absolute atomic E-state index is 0.0411. The summed E-state index contributed by atoms with van der Waals surface area (Å²) in [7, 11) is 0. The SMILES string of the molecule is C1=CC2(C=C1)CC2.CCOC(=O)/C=C/C(=O)O.CCOC(=O)C1C(C(=O)O)C2C=CC1C21CC1.CCOC(=O)C1C(C(=O)O)C2C=CC1C21CC1. The number of esters is 3. The molecule has 0 saturated heterocycles. The van der Waals surface area contributed by atoms with Crippen LogP contribution in [0.5, 0.6) is 0 Å². The molecule has 276 valence electrons. The summed E-state index contributed by atoms with van der Waals surface area (Å²) >= 11 is 0. The van der Waals surface area contributed by atoms with Crippen LogP contribution < -0.4 is 0 Å². The van der Waals surface area contributed by atoms with Gasteiger partial charge in [-0.3, -0.25) is 19.2 Å².